The van der Waals surface area contributed by atoms with E-state index < -0.39 is 18.0 Å². The summed E-state index contributed by atoms with van der Waals surface area (Å²) in [4.78, 5) is 27.7. The quantitative estimate of drug-likeness (QED) is 0.746. The Morgan fingerprint density at radius 3 is 2.94 bits per heavy atom. The fraction of sp³-hybridized carbons (Fsp3) is 0.444. The number of nitrogens with one attached hydrogen (secondary N) is 1. The third-order valence-electron chi connectivity index (χ3n) is 2.50. The van der Waals surface area contributed by atoms with E-state index in [1.54, 1.807) is 0 Å². The first-order valence-electron chi connectivity index (χ1n) is 5.12. The molecular formula is C9H11N5O3. The summed E-state index contributed by atoms with van der Waals surface area (Å²) in [6.07, 6.45) is 3.92. The van der Waals surface area contributed by atoms with E-state index in [9.17, 15) is 9.59 Å². The third kappa shape index (κ3) is 2.47. The van der Waals surface area contributed by atoms with Gasteiger partial charge in [-0.15, -0.1) is 5.10 Å². The second kappa shape index (κ2) is 4.73. The van der Waals surface area contributed by atoms with Crippen molar-refractivity contribution in [1.29, 1.82) is 0 Å². The van der Waals surface area contributed by atoms with Crippen molar-refractivity contribution in [3.8, 4) is 0 Å². The van der Waals surface area contributed by atoms with Crippen molar-refractivity contribution >= 4 is 17.9 Å². The van der Waals surface area contributed by atoms with Crippen LogP contribution in [0.2, 0.25) is 0 Å². The minimum atomic E-state index is -0.996. The fourth-order valence-corrected chi connectivity index (χ4v) is 1.74. The van der Waals surface area contributed by atoms with Gasteiger partial charge in [-0.3, -0.25) is 5.32 Å². The first kappa shape index (κ1) is 11.2. The lowest BCUT2D eigenvalue weighted by molar-refractivity contribution is -0.141. The number of carboxylic acids is 1. The average molecular weight is 237 g/mol. The van der Waals surface area contributed by atoms with Gasteiger partial charge in [0.25, 0.3) is 5.95 Å². The molecule has 0 spiro atoms. The van der Waals surface area contributed by atoms with Gasteiger partial charge in [0.2, 0.25) is 0 Å². The standard InChI is InChI=1S/C9H11N5O3/c15-7(16)6-2-1-5-14(6)9(17)12-8-10-3-4-11-13-8/h3-4,6H,1-2,5H2,(H,15,16)(H,10,12,13,17)/t6-/m0/s1. The van der Waals surface area contributed by atoms with Gasteiger partial charge in [-0.1, -0.05) is 0 Å². The topological polar surface area (TPSA) is 108 Å². The Morgan fingerprint density at radius 2 is 2.29 bits per heavy atom. The normalized spacial score (nSPS) is 19.1. The molecule has 1 aliphatic rings. The summed E-state index contributed by atoms with van der Waals surface area (Å²) >= 11 is 0. The number of hydrogen-bond acceptors (Lipinski definition) is 5. The van der Waals surface area contributed by atoms with Crippen molar-refractivity contribution in [3.05, 3.63) is 12.4 Å². The Labute approximate surface area is 96.7 Å². The van der Waals surface area contributed by atoms with E-state index in [1.165, 1.54) is 17.3 Å². The molecule has 0 bridgehead atoms. The molecule has 0 unspecified atom stereocenters. The number of anilines is 1. The molecule has 2 heterocycles. The first-order valence-corrected chi connectivity index (χ1v) is 5.12. The van der Waals surface area contributed by atoms with Gasteiger partial charge < -0.3 is 10.0 Å². The van der Waals surface area contributed by atoms with Gasteiger partial charge in [0.1, 0.15) is 6.04 Å². The Bertz CT molecular complexity index is 424. The number of rotatable bonds is 2. The molecule has 1 fully saturated rings. The molecule has 0 radical (unpaired) electrons. The number of carbonyl (C=O) groups is 2. The maximum absolute atomic E-state index is 11.8. The molecule has 1 aromatic heterocycles. The van der Waals surface area contributed by atoms with Crippen molar-refractivity contribution in [2.45, 2.75) is 18.9 Å². The average Bonchev–Trinajstić information content (AvgIpc) is 2.79. The number of amides is 2. The Hall–Kier alpha value is -2.25. The van der Waals surface area contributed by atoms with Crippen molar-refractivity contribution < 1.29 is 14.7 Å². The maximum Gasteiger partial charge on any atom is 0.326 e. The van der Waals surface area contributed by atoms with Gasteiger partial charge in [0.15, 0.2) is 0 Å². The molecule has 0 saturated carbocycles. The van der Waals surface area contributed by atoms with E-state index in [-0.39, 0.29) is 5.95 Å². The fourth-order valence-electron chi connectivity index (χ4n) is 1.74. The zero-order valence-corrected chi connectivity index (χ0v) is 8.91. The van der Waals surface area contributed by atoms with E-state index in [1.807, 2.05) is 0 Å². The van der Waals surface area contributed by atoms with Crippen LogP contribution in [0.3, 0.4) is 0 Å². The van der Waals surface area contributed by atoms with Crippen LogP contribution >= 0.6 is 0 Å². The number of aliphatic carboxylic acids is 1. The lowest BCUT2D eigenvalue weighted by Gasteiger charge is -2.20. The van der Waals surface area contributed by atoms with Gasteiger partial charge in [0.05, 0.1) is 12.4 Å². The van der Waals surface area contributed by atoms with Crippen LogP contribution in [0.25, 0.3) is 0 Å². The van der Waals surface area contributed by atoms with Crippen molar-refractivity contribution in [2.75, 3.05) is 11.9 Å². The highest BCUT2D eigenvalue weighted by molar-refractivity contribution is 5.91. The third-order valence-corrected chi connectivity index (χ3v) is 2.50. The van der Waals surface area contributed by atoms with Crippen LogP contribution in [0.1, 0.15) is 12.8 Å². The molecule has 2 rings (SSSR count). The van der Waals surface area contributed by atoms with E-state index >= 15 is 0 Å². The maximum atomic E-state index is 11.8. The van der Waals surface area contributed by atoms with Crippen molar-refractivity contribution in [1.82, 2.24) is 20.1 Å². The number of aromatic nitrogens is 3. The number of urea groups is 1. The zero-order valence-electron chi connectivity index (χ0n) is 8.91. The van der Waals surface area contributed by atoms with Gasteiger partial charge in [0, 0.05) is 6.54 Å². The van der Waals surface area contributed by atoms with Gasteiger partial charge in [-0.05, 0) is 12.8 Å². The molecular weight excluding hydrogens is 226 g/mol. The largest absolute Gasteiger partial charge is 0.480 e. The monoisotopic (exact) mass is 237 g/mol. The van der Waals surface area contributed by atoms with Crippen LogP contribution in [0.15, 0.2) is 12.4 Å². The van der Waals surface area contributed by atoms with Crippen LogP contribution in [0.5, 0.6) is 0 Å². The number of hydrogen-bond donors (Lipinski definition) is 2. The van der Waals surface area contributed by atoms with E-state index in [2.05, 4.69) is 20.5 Å². The summed E-state index contributed by atoms with van der Waals surface area (Å²) < 4.78 is 0. The highest BCUT2D eigenvalue weighted by atomic mass is 16.4. The summed E-state index contributed by atoms with van der Waals surface area (Å²) in [6.45, 7) is 0.420. The second-order valence-corrected chi connectivity index (χ2v) is 3.59. The summed E-state index contributed by atoms with van der Waals surface area (Å²) in [5, 5.41) is 18.5. The molecule has 1 saturated heterocycles. The highest BCUT2D eigenvalue weighted by Gasteiger charge is 2.34. The molecule has 1 atom stereocenters. The predicted molar refractivity (Wildman–Crippen MR) is 56.2 cm³/mol. The van der Waals surface area contributed by atoms with Crippen LogP contribution in [0.4, 0.5) is 10.7 Å². The molecule has 17 heavy (non-hydrogen) atoms. The van der Waals surface area contributed by atoms with Crippen LogP contribution in [-0.4, -0.2) is 49.8 Å². The molecule has 8 nitrogen and oxygen atoms in total. The van der Waals surface area contributed by atoms with Gasteiger partial charge in [-0.25, -0.2) is 14.6 Å². The molecule has 0 aromatic carbocycles. The molecule has 2 N–H and O–H groups in total. The number of likely N-dealkylation sites (tertiary alicyclic amines) is 1. The minimum absolute atomic E-state index is 0.0635. The molecule has 1 aromatic rings. The SMILES string of the molecule is O=C(O)[C@@H]1CCCN1C(=O)Nc1nccnn1. The van der Waals surface area contributed by atoms with E-state index in [0.29, 0.717) is 19.4 Å². The summed E-state index contributed by atoms with van der Waals surface area (Å²) in [6, 6.07) is -1.28. The Morgan fingerprint density at radius 1 is 1.47 bits per heavy atom. The predicted octanol–water partition coefficient (Wildman–Crippen LogP) is -0.0475. The molecule has 1 aliphatic heterocycles. The van der Waals surface area contributed by atoms with Crippen LogP contribution < -0.4 is 5.32 Å². The molecule has 2 amide bonds. The second-order valence-electron chi connectivity index (χ2n) is 3.59. The van der Waals surface area contributed by atoms with Crippen LogP contribution in [-0.2, 0) is 4.79 Å². The van der Waals surface area contributed by atoms with E-state index in [4.69, 9.17) is 5.11 Å². The van der Waals surface area contributed by atoms with Crippen LogP contribution in [0, 0.1) is 0 Å². The van der Waals surface area contributed by atoms with Crippen molar-refractivity contribution in [3.63, 3.8) is 0 Å². The first-order chi connectivity index (χ1) is 8.18. The van der Waals surface area contributed by atoms with Gasteiger partial charge in [-0.2, -0.15) is 5.10 Å². The van der Waals surface area contributed by atoms with Gasteiger partial charge >= 0.3 is 12.0 Å². The van der Waals surface area contributed by atoms with E-state index in [0.717, 1.165) is 0 Å². The molecule has 8 heteroatoms. The number of carboxylic acid groups (broad SMARTS) is 1. The molecule has 0 aliphatic carbocycles. The van der Waals surface area contributed by atoms with Crippen molar-refractivity contribution in [2.24, 2.45) is 0 Å². The lowest BCUT2D eigenvalue weighted by atomic mass is 10.2. The highest BCUT2D eigenvalue weighted by Crippen LogP contribution is 2.18. The minimum Gasteiger partial charge on any atom is -0.480 e. The Balaban J connectivity index is 2.03. The summed E-state index contributed by atoms with van der Waals surface area (Å²) in [5.74, 6) is -0.932. The summed E-state index contributed by atoms with van der Waals surface area (Å²) in [7, 11) is 0. The summed E-state index contributed by atoms with van der Waals surface area (Å²) in [5.41, 5.74) is 0. The smallest absolute Gasteiger partial charge is 0.326 e. The number of carbonyl (C=O) groups excluding carboxylic acids is 1. The lowest BCUT2D eigenvalue weighted by Crippen LogP contribution is -2.43. The number of nitrogens with zero attached hydrogens (tertiary/aromatic N) is 4. The molecule has 90 valence electrons. The Kier molecular flexibility index (Phi) is 3.12. The zero-order chi connectivity index (χ0) is 12.3.